The molecule has 0 saturated heterocycles. The molecular formula is C10H21Cl2N. The van der Waals surface area contributed by atoms with E-state index in [1.54, 1.807) is 0 Å². The van der Waals surface area contributed by atoms with Crippen LogP contribution in [0.15, 0.2) is 0 Å². The normalized spacial score (nSPS) is 20.1. The molecule has 1 fully saturated rings. The van der Waals surface area contributed by atoms with Crippen molar-refractivity contribution < 1.29 is 17.7 Å². The fraction of sp³-hybridized carbons (Fsp3) is 1.00. The van der Waals surface area contributed by atoms with Gasteiger partial charge < -0.3 is 17.7 Å². The molecule has 0 atom stereocenters. The molecule has 0 amide bonds. The lowest BCUT2D eigenvalue weighted by atomic mass is 9.97. The quantitative estimate of drug-likeness (QED) is 0.589. The van der Waals surface area contributed by atoms with Crippen LogP contribution in [-0.2, 0) is 0 Å². The summed E-state index contributed by atoms with van der Waals surface area (Å²) < 4.78 is 0. The third kappa shape index (κ3) is 6.59. The van der Waals surface area contributed by atoms with E-state index in [4.69, 9.17) is 11.6 Å². The first-order valence-electron chi connectivity index (χ1n) is 5.33. The van der Waals surface area contributed by atoms with Gasteiger partial charge in [-0.2, -0.15) is 0 Å². The lowest BCUT2D eigenvalue weighted by molar-refractivity contribution is -0.687. The van der Waals surface area contributed by atoms with Gasteiger partial charge in [0.05, 0.1) is 18.5 Å². The van der Waals surface area contributed by atoms with E-state index in [0.29, 0.717) is 0 Å². The standard InChI is InChI=1S/C10H20ClN.ClH/c11-8-9-12-10-6-4-2-1-3-5-7-10;/h10,12H,1-9H2;1H. The summed E-state index contributed by atoms with van der Waals surface area (Å²) in [6.07, 6.45) is 10.1. The maximum Gasteiger partial charge on any atom is 0.0895 e. The van der Waals surface area contributed by atoms with Crippen LogP contribution < -0.4 is 17.7 Å². The molecule has 1 saturated carbocycles. The Bertz CT molecular complexity index is 98.3. The summed E-state index contributed by atoms with van der Waals surface area (Å²) in [6.45, 7) is 1.10. The summed E-state index contributed by atoms with van der Waals surface area (Å²) >= 11 is 5.66. The van der Waals surface area contributed by atoms with E-state index in [-0.39, 0.29) is 12.4 Å². The summed E-state index contributed by atoms with van der Waals surface area (Å²) in [4.78, 5) is 0. The molecule has 0 aromatic rings. The predicted molar refractivity (Wildman–Crippen MR) is 53.6 cm³/mol. The van der Waals surface area contributed by atoms with Crippen LogP contribution in [0.2, 0.25) is 0 Å². The molecule has 1 aliphatic carbocycles. The van der Waals surface area contributed by atoms with Gasteiger partial charge in [0, 0.05) is 0 Å². The van der Waals surface area contributed by atoms with Crippen LogP contribution in [0.1, 0.15) is 44.9 Å². The highest BCUT2D eigenvalue weighted by Crippen LogP contribution is 2.14. The van der Waals surface area contributed by atoms with E-state index in [1.165, 1.54) is 44.9 Å². The highest BCUT2D eigenvalue weighted by Gasteiger charge is 2.12. The van der Waals surface area contributed by atoms with Crippen molar-refractivity contribution in [2.75, 3.05) is 12.4 Å². The minimum atomic E-state index is 0. The lowest BCUT2D eigenvalue weighted by Crippen LogP contribution is -3.00. The first kappa shape index (κ1) is 13.5. The van der Waals surface area contributed by atoms with Crippen molar-refractivity contribution in [3.63, 3.8) is 0 Å². The molecule has 13 heavy (non-hydrogen) atoms. The Morgan fingerprint density at radius 3 is 2.08 bits per heavy atom. The first-order chi connectivity index (χ1) is 5.93. The Hall–Kier alpha value is 0.540. The minimum Gasteiger partial charge on any atom is -1.00 e. The fourth-order valence-corrected chi connectivity index (χ4v) is 2.15. The molecule has 1 nitrogen and oxygen atoms in total. The summed E-state index contributed by atoms with van der Waals surface area (Å²) in [6, 6.07) is 0.879. The predicted octanol–water partition coefficient (Wildman–Crippen LogP) is -1.09. The van der Waals surface area contributed by atoms with Crippen molar-refractivity contribution in [2.24, 2.45) is 0 Å². The van der Waals surface area contributed by atoms with Gasteiger partial charge in [0.25, 0.3) is 0 Å². The lowest BCUT2D eigenvalue weighted by Gasteiger charge is -2.17. The van der Waals surface area contributed by atoms with Crippen LogP contribution in [0.3, 0.4) is 0 Å². The molecule has 0 spiro atoms. The molecule has 1 aliphatic rings. The number of alkyl halides is 1. The zero-order chi connectivity index (χ0) is 8.65. The van der Waals surface area contributed by atoms with Crippen molar-refractivity contribution >= 4 is 11.6 Å². The van der Waals surface area contributed by atoms with Crippen LogP contribution >= 0.6 is 11.6 Å². The van der Waals surface area contributed by atoms with Crippen molar-refractivity contribution in [1.82, 2.24) is 0 Å². The average Bonchev–Trinajstić information content (AvgIpc) is 2.02. The molecule has 0 aliphatic heterocycles. The molecule has 0 radical (unpaired) electrons. The molecule has 0 unspecified atom stereocenters. The third-order valence-corrected chi connectivity index (χ3v) is 2.98. The van der Waals surface area contributed by atoms with E-state index >= 15 is 0 Å². The summed E-state index contributed by atoms with van der Waals surface area (Å²) in [5.74, 6) is 0.802. The fourth-order valence-electron chi connectivity index (χ4n) is 2.02. The van der Waals surface area contributed by atoms with E-state index in [9.17, 15) is 0 Å². The molecule has 0 heterocycles. The van der Waals surface area contributed by atoms with Gasteiger partial charge in [0.2, 0.25) is 0 Å². The van der Waals surface area contributed by atoms with E-state index in [0.717, 1.165) is 18.5 Å². The molecule has 0 aromatic carbocycles. The topological polar surface area (TPSA) is 16.6 Å². The molecule has 3 heteroatoms. The number of nitrogens with two attached hydrogens (primary N) is 1. The second-order valence-electron chi connectivity index (χ2n) is 3.82. The first-order valence-corrected chi connectivity index (χ1v) is 5.86. The molecule has 2 N–H and O–H groups in total. The van der Waals surface area contributed by atoms with E-state index in [1.807, 2.05) is 0 Å². The van der Waals surface area contributed by atoms with Crippen LogP contribution in [0, 0.1) is 0 Å². The maximum absolute atomic E-state index is 5.66. The largest absolute Gasteiger partial charge is 1.00 e. The molecule has 0 bridgehead atoms. The SMILES string of the molecule is ClCC[NH2+]C1CCCCCCC1.[Cl-]. The van der Waals surface area contributed by atoms with Crippen LogP contribution in [0.4, 0.5) is 0 Å². The smallest absolute Gasteiger partial charge is 0.0895 e. The van der Waals surface area contributed by atoms with E-state index in [2.05, 4.69) is 5.32 Å². The zero-order valence-electron chi connectivity index (χ0n) is 8.27. The van der Waals surface area contributed by atoms with Gasteiger partial charge in [-0.1, -0.05) is 19.3 Å². The Balaban J connectivity index is 0.00000144. The van der Waals surface area contributed by atoms with Gasteiger partial charge in [-0.15, -0.1) is 11.6 Å². The highest BCUT2D eigenvalue weighted by molar-refractivity contribution is 6.17. The molecule has 80 valence electrons. The van der Waals surface area contributed by atoms with Gasteiger partial charge >= 0.3 is 0 Å². The van der Waals surface area contributed by atoms with Crippen molar-refractivity contribution in [3.05, 3.63) is 0 Å². The van der Waals surface area contributed by atoms with Gasteiger partial charge in [-0.25, -0.2) is 0 Å². The van der Waals surface area contributed by atoms with Crippen LogP contribution in [-0.4, -0.2) is 18.5 Å². The molecule has 1 rings (SSSR count). The maximum atomic E-state index is 5.66. The van der Waals surface area contributed by atoms with Crippen LogP contribution in [0.25, 0.3) is 0 Å². The third-order valence-electron chi connectivity index (χ3n) is 2.76. The van der Waals surface area contributed by atoms with Gasteiger partial charge in [-0.3, -0.25) is 0 Å². The average molecular weight is 226 g/mol. The number of hydrogen-bond donors (Lipinski definition) is 1. The number of halogens is 2. The summed E-state index contributed by atoms with van der Waals surface area (Å²) in [7, 11) is 0. The summed E-state index contributed by atoms with van der Waals surface area (Å²) in [5, 5.41) is 2.44. The van der Waals surface area contributed by atoms with Crippen molar-refractivity contribution in [1.29, 1.82) is 0 Å². The molecule has 0 aromatic heterocycles. The van der Waals surface area contributed by atoms with Gasteiger partial charge in [0.1, 0.15) is 0 Å². The Kier molecular flexibility index (Phi) is 9.49. The summed E-state index contributed by atoms with van der Waals surface area (Å²) in [5.41, 5.74) is 0. The Morgan fingerprint density at radius 2 is 1.54 bits per heavy atom. The van der Waals surface area contributed by atoms with Crippen molar-refractivity contribution in [3.8, 4) is 0 Å². The van der Waals surface area contributed by atoms with Gasteiger partial charge in [0.15, 0.2) is 0 Å². The minimum absolute atomic E-state index is 0. The zero-order valence-corrected chi connectivity index (χ0v) is 9.79. The molecular weight excluding hydrogens is 205 g/mol. The van der Waals surface area contributed by atoms with Gasteiger partial charge in [-0.05, 0) is 25.7 Å². The number of rotatable bonds is 3. The monoisotopic (exact) mass is 225 g/mol. The second-order valence-corrected chi connectivity index (χ2v) is 4.20. The Labute approximate surface area is 93.0 Å². The Morgan fingerprint density at radius 1 is 1.00 bits per heavy atom. The number of quaternary nitrogens is 1. The highest BCUT2D eigenvalue weighted by atomic mass is 35.5. The van der Waals surface area contributed by atoms with E-state index < -0.39 is 0 Å². The van der Waals surface area contributed by atoms with Crippen molar-refractivity contribution in [2.45, 2.75) is 51.0 Å². The number of hydrogen-bond acceptors (Lipinski definition) is 0. The second kappa shape index (κ2) is 9.11. The van der Waals surface area contributed by atoms with Crippen LogP contribution in [0.5, 0.6) is 0 Å².